The second kappa shape index (κ2) is 11.4. The SMILES string of the molecule is CN1C(=O)/C(=N\C(C(Cl)C(Cl)(Cl)Cl)N(c2ccc(F)cc2F)c2ccc(F)cc2F)N(c2ccccc2F)C1=O. The molecule has 1 fully saturated rings. The zero-order valence-corrected chi connectivity index (χ0v) is 23.0. The molecule has 0 aromatic heterocycles. The summed E-state index contributed by atoms with van der Waals surface area (Å²) in [5.41, 5.74) is -1.55. The molecule has 2 unspecified atom stereocenters. The largest absolute Gasteiger partial charge is 0.337 e. The van der Waals surface area contributed by atoms with Gasteiger partial charge in [0, 0.05) is 19.2 Å². The lowest BCUT2D eigenvalue weighted by atomic mass is 10.1. The standard InChI is InChI=1S/C25H15Cl4F5N4O2/c1-36-23(39)22(38(24(36)40)17-5-3-2-4-14(17)32)35-21(20(26)25(27,28)29)37(18-8-6-12(30)10-15(18)33)19-9-7-13(31)11-16(19)34/h2-11,20-21H,1H3/b35-22+. The monoisotopic (exact) mass is 638 g/mol. The summed E-state index contributed by atoms with van der Waals surface area (Å²) in [4.78, 5) is 32.2. The Morgan fingerprint density at radius 2 is 1.35 bits per heavy atom. The molecule has 4 rings (SSSR count). The van der Waals surface area contributed by atoms with Crippen molar-refractivity contribution < 1.29 is 31.5 Å². The Balaban J connectivity index is 2.04. The number of hydrogen-bond acceptors (Lipinski definition) is 4. The number of benzene rings is 3. The van der Waals surface area contributed by atoms with E-state index < -0.39 is 79.3 Å². The molecule has 3 amide bonds. The molecule has 0 radical (unpaired) electrons. The third kappa shape index (κ3) is 5.69. The second-order valence-electron chi connectivity index (χ2n) is 8.30. The predicted molar refractivity (Wildman–Crippen MR) is 143 cm³/mol. The van der Waals surface area contributed by atoms with Gasteiger partial charge in [-0.15, -0.1) is 11.6 Å². The lowest BCUT2D eigenvalue weighted by Crippen LogP contribution is -2.46. The first-order chi connectivity index (χ1) is 18.7. The molecule has 2 atom stereocenters. The summed E-state index contributed by atoms with van der Waals surface area (Å²) >= 11 is 24.6. The van der Waals surface area contributed by atoms with Gasteiger partial charge in [-0.1, -0.05) is 46.9 Å². The summed E-state index contributed by atoms with van der Waals surface area (Å²) < 4.78 is 70.3. The number of carbonyl (C=O) groups is 2. The van der Waals surface area contributed by atoms with Crippen LogP contribution in [0, 0.1) is 29.1 Å². The number of para-hydroxylation sites is 1. The number of aliphatic imine (C=N–C) groups is 1. The van der Waals surface area contributed by atoms with E-state index in [4.69, 9.17) is 46.4 Å². The van der Waals surface area contributed by atoms with Crippen molar-refractivity contribution in [1.82, 2.24) is 4.90 Å². The lowest BCUT2D eigenvalue weighted by molar-refractivity contribution is -0.119. The van der Waals surface area contributed by atoms with E-state index in [-0.39, 0.29) is 0 Å². The molecular formula is C25H15Cl4F5N4O2. The molecule has 1 heterocycles. The fraction of sp³-hybridized carbons (Fsp3) is 0.160. The van der Waals surface area contributed by atoms with Gasteiger partial charge in [0.1, 0.15) is 40.6 Å². The minimum atomic E-state index is -2.44. The molecule has 210 valence electrons. The van der Waals surface area contributed by atoms with E-state index in [2.05, 4.69) is 4.99 Å². The second-order valence-corrected chi connectivity index (χ2v) is 11.1. The summed E-state index contributed by atoms with van der Waals surface area (Å²) in [6.45, 7) is 0. The number of halogens is 9. The van der Waals surface area contributed by atoms with Crippen LogP contribution in [0.5, 0.6) is 0 Å². The van der Waals surface area contributed by atoms with Gasteiger partial charge in [-0.2, -0.15) is 0 Å². The zero-order chi connectivity index (χ0) is 29.5. The van der Waals surface area contributed by atoms with Crippen molar-refractivity contribution in [3.63, 3.8) is 0 Å². The Bertz CT molecular complexity index is 1470. The number of amides is 3. The van der Waals surface area contributed by atoms with Gasteiger partial charge in [0.15, 0.2) is 0 Å². The molecule has 0 spiro atoms. The van der Waals surface area contributed by atoms with Crippen LogP contribution < -0.4 is 9.80 Å². The normalized spacial score (nSPS) is 16.6. The van der Waals surface area contributed by atoms with E-state index in [0.717, 1.165) is 37.4 Å². The smallest absolute Gasteiger partial charge is 0.312 e. The van der Waals surface area contributed by atoms with Gasteiger partial charge in [-0.05, 0) is 36.4 Å². The summed E-state index contributed by atoms with van der Waals surface area (Å²) in [6.07, 6.45) is -1.96. The summed E-state index contributed by atoms with van der Waals surface area (Å²) in [6, 6.07) is 8.18. The Morgan fingerprint density at radius 1 is 0.825 bits per heavy atom. The van der Waals surface area contributed by atoms with Gasteiger partial charge in [-0.3, -0.25) is 9.69 Å². The molecular weight excluding hydrogens is 625 g/mol. The van der Waals surface area contributed by atoms with Crippen LogP contribution in [0.15, 0.2) is 65.7 Å². The number of likely N-dealkylation sites (N-methyl/N-ethyl adjacent to an activating group) is 1. The molecule has 0 N–H and O–H groups in total. The maximum absolute atomic E-state index is 15.2. The van der Waals surface area contributed by atoms with E-state index >= 15 is 8.78 Å². The van der Waals surface area contributed by atoms with Crippen LogP contribution >= 0.6 is 46.4 Å². The van der Waals surface area contributed by atoms with Crippen LogP contribution in [0.2, 0.25) is 0 Å². The summed E-state index contributed by atoms with van der Waals surface area (Å²) in [7, 11) is 1.08. The number of carbonyl (C=O) groups excluding carboxylic acids is 2. The number of imide groups is 1. The molecule has 1 aliphatic heterocycles. The van der Waals surface area contributed by atoms with E-state index in [1.54, 1.807) is 0 Å². The van der Waals surface area contributed by atoms with Crippen LogP contribution in [0.1, 0.15) is 0 Å². The molecule has 6 nitrogen and oxygen atoms in total. The third-order valence-corrected chi connectivity index (χ3v) is 7.30. The Morgan fingerprint density at radius 3 is 1.82 bits per heavy atom. The van der Waals surface area contributed by atoms with Crippen molar-refractivity contribution in [2.45, 2.75) is 15.3 Å². The summed E-state index contributed by atoms with van der Waals surface area (Å²) in [5.74, 6) is -7.27. The average Bonchev–Trinajstić information content (AvgIpc) is 3.08. The highest BCUT2D eigenvalue weighted by molar-refractivity contribution is 6.70. The topological polar surface area (TPSA) is 56.2 Å². The highest BCUT2D eigenvalue weighted by Gasteiger charge is 2.47. The number of anilines is 3. The first-order valence-electron chi connectivity index (χ1n) is 11.1. The van der Waals surface area contributed by atoms with Crippen molar-refractivity contribution in [2.24, 2.45) is 4.99 Å². The van der Waals surface area contributed by atoms with Gasteiger partial charge >= 0.3 is 6.03 Å². The van der Waals surface area contributed by atoms with E-state index in [1.165, 1.54) is 18.2 Å². The molecule has 1 saturated heterocycles. The first kappa shape index (κ1) is 29.9. The highest BCUT2D eigenvalue weighted by Crippen LogP contribution is 2.43. The number of amidine groups is 1. The molecule has 15 heteroatoms. The van der Waals surface area contributed by atoms with E-state index in [0.29, 0.717) is 26.8 Å². The van der Waals surface area contributed by atoms with E-state index in [9.17, 15) is 22.8 Å². The molecule has 0 bridgehead atoms. The quantitative estimate of drug-likeness (QED) is 0.161. The van der Waals surface area contributed by atoms with Crippen LogP contribution in [-0.2, 0) is 4.79 Å². The van der Waals surface area contributed by atoms with Gasteiger partial charge in [0.05, 0.1) is 17.1 Å². The first-order valence-corrected chi connectivity index (χ1v) is 12.6. The minimum absolute atomic E-state index is 0.393. The van der Waals surface area contributed by atoms with Crippen LogP contribution in [-0.4, -0.2) is 45.1 Å². The fourth-order valence-electron chi connectivity index (χ4n) is 3.85. The van der Waals surface area contributed by atoms with Crippen LogP contribution in [0.3, 0.4) is 0 Å². The lowest BCUT2D eigenvalue weighted by Gasteiger charge is -2.36. The molecule has 0 aliphatic carbocycles. The number of nitrogens with zero attached hydrogens (tertiary/aromatic N) is 4. The maximum atomic E-state index is 15.2. The van der Waals surface area contributed by atoms with Crippen molar-refractivity contribution >= 4 is 81.2 Å². The van der Waals surface area contributed by atoms with Crippen molar-refractivity contribution in [3.05, 3.63) is 89.7 Å². The Hall–Kier alpha value is -3.12. The zero-order valence-electron chi connectivity index (χ0n) is 19.9. The Kier molecular flexibility index (Phi) is 8.51. The third-order valence-electron chi connectivity index (χ3n) is 5.71. The maximum Gasteiger partial charge on any atom is 0.337 e. The molecule has 40 heavy (non-hydrogen) atoms. The number of urea groups is 1. The van der Waals surface area contributed by atoms with Crippen LogP contribution in [0.4, 0.5) is 43.8 Å². The Labute approximate surface area is 244 Å². The molecule has 0 saturated carbocycles. The fourth-order valence-corrected chi connectivity index (χ4v) is 4.36. The van der Waals surface area contributed by atoms with Gasteiger partial charge in [-0.25, -0.2) is 36.6 Å². The molecule has 1 aliphatic rings. The molecule has 3 aromatic carbocycles. The van der Waals surface area contributed by atoms with Crippen molar-refractivity contribution in [3.8, 4) is 0 Å². The van der Waals surface area contributed by atoms with Crippen LogP contribution in [0.25, 0.3) is 0 Å². The molecule has 3 aromatic rings. The van der Waals surface area contributed by atoms with Gasteiger partial charge in [0.25, 0.3) is 5.91 Å². The highest BCUT2D eigenvalue weighted by atomic mass is 35.6. The van der Waals surface area contributed by atoms with E-state index in [1.807, 2.05) is 0 Å². The minimum Gasteiger partial charge on any atom is -0.312 e. The average molecular weight is 640 g/mol. The van der Waals surface area contributed by atoms with Gasteiger partial charge in [0.2, 0.25) is 9.63 Å². The number of alkyl halides is 4. The summed E-state index contributed by atoms with van der Waals surface area (Å²) in [5, 5.41) is -1.85. The van der Waals surface area contributed by atoms with Gasteiger partial charge < -0.3 is 4.90 Å². The van der Waals surface area contributed by atoms with Crippen molar-refractivity contribution in [2.75, 3.05) is 16.8 Å². The number of rotatable bonds is 6. The number of hydrogen-bond donors (Lipinski definition) is 0. The predicted octanol–water partition coefficient (Wildman–Crippen LogP) is 7.32. The van der Waals surface area contributed by atoms with Crippen molar-refractivity contribution in [1.29, 1.82) is 0 Å².